The fourth-order valence-electron chi connectivity index (χ4n) is 1.79. The Morgan fingerprint density at radius 2 is 1.78 bits per heavy atom. The summed E-state index contributed by atoms with van der Waals surface area (Å²) in [5, 5.41) is -0.300. The predicted molar refractivity (Wildman–Crippen MR) is 66.1 cm³/mol. The first kappa shape index (κ1) is 12.8. The van der Waals surface area contributed by atoms with E-state index in [4.69, 9.17) is 0 Å². The van der Waals surface area contributed by atoms with E-state index in [1.165, 1.54) is 18.2 Å². The average molecular weight is 269 g/mol. The molecule has 96 valence electrons. The van der Waals surface area contributed by atoms with E-state index in [9.17, 15) is 14.0 Å². The number of hydrogen-bond donors (Lipinski definition) is 1. The standard InChI is InChI=1S/C11H12FN3O2S/c12-9-3-1-2-8(13-9)10(16)14-4-6-15(7-5-14)11(17)18/h1-3H,4-7H2,(H,17,18). The summed E-state index contributed by atoms with van der Waals surface area (Å²) in [7, 11) is 0. The maximum absolute atomic E-state index is 12.9. The van der Waals surface area contributed by atoms with Crippen molar-refractivity contribution in [3.05, 3.63) is 29.8 Å². The van der Waals surface area contributed by atoms with E-state index in [-0.39, 0.29) is 16.8 Å². The molecule has 1 aliphatic heterocycles. The smallest absolute Gasteiger partial charge is 0.278 e. The number of aromatic nitrogens is 1. The topological polar surface area (TPSA) is 53.5 Å². The lowest BCUT2D eigenvalue weighted by Crippen LogP contribution is -2.49. The van der Waals surface area contributed by atoms with Gasteiger partial charge in [-0.05, 0) is 12.1 Å². The molecule has 0 atom stereocenters. The van der Waals surface area contributed by atoms with Crippen LogP contribution >= 0.6 is 12.6 Å². The third-order valence-electron chi connectivity index (χ3n) is 2.77. The Morgan fingerprint density at radius 3 is 2.33 bits per heavy atom. The van der Waals surface area contributed by atoms with Gasteiger partial charge in [0.1, 0.15) is 5.69 Å². The summed E-state index contributed by atoms with van der Waals surface area (Å²) in [6.45, 7) is 1.68. The molecule has 0 aliphatic carbocycles. The zero-order chi connectivity index (χ0) is 13.1. The second-order valence-electron chi connectivity index (χ2n) is 3.91. The Balaban J connectivity index is 2.02. The van der Waals surface area contributed by atoms with Crippen LogP contribution < -0.4 is 0 Å². The summed E-state index contributed by atoms with van der Waals surface area (Å²) in [5.74, 6) is -0.995. The summed E-state index contributed by atoms with van der Waals surface area (Å²) in [4.78, 5) is 29.7. The second-order valence-corrected chi connectivity index (χ2v) is 4.29. The highest BCUT2D eigenvalue weighted by molar-refractivity contribution is 7.96. The average Bonchev–Trinajstić information content (AvgIpc) is 2.38. The maximum Gasteiger partial charge on any atom is 0.278 e. The first-order chi connectivity index (χ1) is 8.58. The minimum absolute atomic E-state index is 0.0839. The van der Waals surface area contributed by atoms with E-state index in [2.05, 4.69) is 17.6 Å². The third-order valence-corrected chi connectivity index (χ3v) is 3.05. The fraction of sp³-hybridized carbons (Fsp3) is 0.364. The quantitative estimate of drug-likeness (QED) is 0.612. The Labute approximate surface area is 109 Å². The van der Waals surface area contributed by atoms with Crippen LogP contribution in [0, 0.1) is 5.95 Å². The molecule has 1 aromatic heterocycles. The highest BCUT2D eigenvalue weighted by atomic mass is 32.1. The largest absolute Gasteiger partial charge is 0.334 e. The fourth-order valence-corrected chi connectivity index (χ4v) is 1.99. The van der Waals surface area contributed by atoms with Gasteiger partial charge in [0.2, 0.25) is 5.95 Å². The number of amides is 2. The molecule has 0 unspecified atom stereocenters. The SMILES string of the molecule is O=C(S)N1CCN(C(=O)c2cccc(F)n2)CC1. The normalized spacial score (nSPS) is 15.7. The van der Waals surface area contributed by atoms with Crippen LogP contribution in [0.1, 0.15) is 10.5 Å². The number of nitrogens with zero attached hydrogens (tertiary/aromatic N) is 3. The van der Waals surface area contributed by atoms with Crippen LogP contribution in [0.4, 0.5) is 9.18 Å². The van der Waals surface area contributed by atoms with Crippen molar-refractivity contribution < 1.29 is 14.0 Å². The van der Waals surface area contributed by atoms with Crippen molar-refractivity contribution in [1.29, 1.82) is 0 Å². The van der Waals surface area contributed by atoms with E-state index >= 15 is 0 Å². The minimum atomic E-state index is -0.676. The number of halogens is 1. The van der Waals surface area contributed by atoms with E-state index in [0.29, 0.717) is 26.2 Å². The highest BCUT2D eigenvalue weighted by Gasteiger charge is 2.24. The number of rotatable bonds is 1. The molecular formula is C11H12FN3O2S. The molecule has 7 heteroatoms. The summed E-state index contributed by atoms with van der Waals surface area (Å²) in [6, 6.07) is 4.11. The number of carbonyl (C=O) groups is 2. The van der Waals surface area contributed by atoms with Gasteiger partial charge in [-0.2, -0.15) is 4.39 Å². The molecular weight excluding hydrogens is 257 g/mol. The molecule has 1 fully saturated rings. The van der Waals surface area contributed by atoms with Gasteiger partial charge in [0.05, 0.1) is 0 Å². The van der Waals surface area contributed by atoms with Crippen LogP contribution in [0.3, 0.4) is 0 Å². The molecule has 18 heavy (non-hydrogen) atoms. The Morgan fingerprint density at radius 1 is 1.17 bits per heavy atom. The van der Waals surface area contributed by atoms with Gasteiger partial charge in [-0.3, -0.25) is 9.59 Å². The van der Waals surface area contributed by atoms with Crippen molar-refractivity contribution in [2.24, 2.45) is 0 Å². The van der Waals surface area contributed by atoms with Crippen molar-refractivity contribution in [2.75, 3.05) is 26.2 Å². The van der Waals surface area contributed by atoms with Gasteiger partial charge in [0.25, 0.3) is 11.1 Å². The molecule has 0 radical (unpaired) electrons. The highest BCUT2D eigenvalue weighted by Crippen LogP contribution is 2.09. The summed E-state index contributed by atoms with van der Waals surface area (Å²) >= 11 is 3.73. The molecule has 0 N–H and O–H groups in total. The summed E-state index contributed by atoms with van der Waals surface area (Å²) in [6.07, 6.45) is 0. The second kappa shape index (κ2) is 5.34. The van der Waals surface area contributed by atoms with Crippen molar-refractivity contribution in [1.82, 2.24) is 14.8 Å². The van der Waals surface area contributed by atoms with Gasteiger partial charge in [-0.15, -0.1) is 0 Å². The van der Waals surface area contributed by atoms with Crippen molar-refractivity contribution in [3.63, 3.8) is 0 Å². The molecule has 1 aliphatic rings. The third kappa shape index (κ3) is 2.79. The molecule has 1 saturated heterocycles. The van der Waals surface area contributed by atoms with Crippen LogP contribution in [-0.2, 0) is 0 Å². The lowest BCUT2D eigenvalue weighted by molar-refractivity contribution is 0.0670. The van der Waals surface area contributed by atoms with E-state index in [1.54, 1.807) is 9.80 Å². The molecule has 5 nitrogen and oxygen atoms in total. The first-order valence-electron chi connectivity index (χ1n) is 5.47. The number of piperazine rings is 1. The summed E-state index contributed by atoms with van der Waals surface area (Å²) in [5.41, 5.74) is 0.0839. The zero-order valence-electron chi connectivity index (χ0n) is 9.54. The first-order valence-corrected chi connectivity index (χ1v) is 5.92. The number of pyridine rings is 1. The van der Waals surface area contributed by atoms with Crippen LogP contribution in [-0.4, -0.2) is 52.1 Å². The van der Waals surface area contributed by atoms with Crippen molar-refractivity contribution in [2.45, 2.75) is 0 Å². The zero-order valence-corrected chi connectivity index (χ0v) is 10.4. The maximum atomic E-state index is 12.9. The molecule has 0 bridgehead atoms. The Hall–Kier alpha value is -1.63. The molecule has 0 saturated carbocycles. The minimum Gasteiger partial charge on any atom is -0.334 e. The Bertz CT molecular complexity index is 475. The van der Waals surface area contributed by atoms with Crippen molar-refractivity contribution in [3.8, 4) is 0 Å². The molecule has 2 heterocycles. The van der Waals surface area contributed by atoms with E-state index < -0.39 is 5.95 Å². The van der Waals surface area contributed by atoms with Gasteiger partial charge in [0, 0.05) is 26.2 Å². The van der Waals surface area contributed by atoms with Crippen LogP contribution in [0.25, 0.3) is 0 Å². The predicted octanol–water partition coefficient (Wildman–Crippen LogP) is 1.03. The van der Waals surface area contributed by atoms with Crippen LogP contribution in [0.5, 0.6) is 0 Å². The summed E-state index contributed by atoms with van der Waals surface area (Å²) < 4.78 is 12.9. The number of hydrogen-bond acceptors (Lipinski definition) is 3. The van der Waals surface area contributed by atoms with Gasteiger partial charge >= 0.3 is 0 Å². The number of carbonyl (C=O) groups excluding carboxylic acids is 2. The molecule has 2 rings (SSSR count). The molecule has 0 spiro atoms. The monoisotopic (exact) mass is 269 g/mol. The van der Waals surface area contributed by atoms with E-state index in [0.717, 1.165) is 0 Å². The van der Waals surface area contributed by atoms with Gasteiger partial charge in [-0.25, -0.2) is 4.98 Å². The molecule has 1 aromatic rings. The van der Waals surface area contributed by atoms with Crippen LogP contribution in [0.15, 0.2) is 18.2 Å². The number of thiol groups is 1. The molecule has 0 aromatic carbocycles. The van der Waals surface area contributed by atoms with Crippen molar-refractivity contribution >= 4 is 23.8 Å². The van der Waals surface area contributed by atoms with E-state index in [1.807, 2.05) is 0 Å². The van der Waals surface area contributed by atoms with Gasteiger partial charge < -0.3 is 9.80 Å². The lowest BCUT2D eigenvalue weighted by atomic mass is 10.2. The van der Waals surface area contributed by atoms with Gasteiger partial charge in [-0.1, -0.05) is 18.7 Å². The van der Waals surface area contributed by atoms with Crippen LogP contribution in [0.2, 0.25) is 0 Å². The lowest BCUT2D eigenvalue weighted by Gasteiger charge is -2.33. The van der Waals surface area contributed by atoms with Gasteiger partial charge in [0.15, 0.2) is 0 Å². The molecule has 2 amide bonds. The Kier molecular flexibility index (Phi) is 3.81.